The van der Waals surface area contributed by atoms with Gasteiger partial charge in [-0.05, 0) is 33.3 Å². The topological polar surface area (TPSA) is 42.4 Å². The number of aromatic nitrogens is 1. The molecule has 2 rings (SSSR count). The molecule has 1 aromatic heterocycles. The summed E-state index contributed by atoms with van der Waals surface area (Å²) in [7, 11) is 0. The Morgan fingerprint density at radius 1 is 1.53 bits per heavy atom. The van der Waals surface area contributed by atoms with Crippen LogP contribution >= 0.6 is 0 Å². The van der Waals surface area contributed by atoms with Crippen LogP contribution in [0, 0.1) is 5.95 Å². The molecule has 1 aliphatic heterocycles. The van der Waals surface area contributed by atoms with Gasteiger partial charge in [-0.3, -0.25) is 0 Å². The van der Waals surface area contributed by atoms with Crippen molar-refractivity contribution in [3.05, 3.63) is 29.8 Å². The molecule has 4 nitrogen and oxygen atoms in total. The van der Waals surface area contributed by atoms with Gasteiger partial charge in [0.25, 0.3) is 0 Å². The second-order valence-electron chi connectivity index (χ2n) is 5.80. The quantitative estimate of drug-likeness (QED) is 0.734. The molecule has 0 spiro atoms. The molecule has 1 amide bonds. The Morgan fingerprint density at radius 2 is 2.26 bits per heavy atom. The number of amides is 1. The maximum Gasteiger partial charge on any atom is 0.410 e. The van der Waals surface area contributed by atoms with Crippen molar-refractivity contribution in [2.75, 3.05) is 13.1 Å². The fourth-order valence-corrected chi connectivity index (χ4v) is 2.21. The molecule has 5 heteroatoms. The van der Waals surface area contributed by atoms with E-state index in [-0.39, 0.29) is 12.0 Å². The van der Waals surface area contributed by atoms with Crippen molar-refractivity contribution in [1.29, 1.82) is 0 Å². The number of rotatable bonds is 1. The Bertz CT molecular complexity index is 471. The van der Waals surface area contributed by atoms with Crippen LogP contribution in [0.3, 0.4) is 0 Å². The van der Waals surface area contributed by atoms with Crippen molar-refractivity contribution in [2.45, 2.75) is 38.7 Å². The van der Waals surface area contributed by atoms with Gasteiger partial charge in [-0.25, -0.2) is 9.78 Å². The fourth-order valence-electron chi connectivity index (χ4n) is 2.21. The molecule has 0 aromatic carbocycles. The third kappa shape index (κ3) is 3.43. The lowest BCUT2D eigenvalue weighted by Gasteiger charge is -2.24. The average molecular weight is 266 g/mol. The molecule has 0 aliphatic carbocycles. The van der Waals surface area contributed by atoms with Crippen LogP contribution in [-0.2, 0) is 4.74 Å². The van der Waals surface area contributed by atoms with Crippen molar-refractivity contribution >= 4 is 6.09 Å². The average Bonchev–Trinajstić information content (AvgIpc) is 2.76. The van der Waals surface area contributed by atoms with Crippen molar-refractivity contribution < 1.29 is 13.9 Å². The van der Waals surface area contributed by atoms with Crippen LogP contribution in [0.15, 0.2) is 18.3 Å². The molecule has 2 heterocycles. The summed E-state index contributed by atoms with van der Waals surface area (Å²) in [6.07, 6.45) is 1.83. The zero-order chi connectivity index (χ0) is 14.0. The van der Waals surface area contributed by atoms with Crippen LogP contribution in [0.2, 0.25) is 0 Å². The molecular formula is C14H19FN2O2. The van der Waals surface area contributed by atoms with Crippen LogP contribution < -0.4 is 0 Å². The molecule has 1 atom stereocenters. The summed E-state index contributed by atoms with van der Waals surface area (Å²) in [6.45, 7) is 6.57. The standard InChI is InChI=1S/C14H19FN2O2/c1-14(2,3)19-13(18)17-8-6-10(9-17)11-5-4-7-16-12(11)15/h4-5,7,10H,6,8-9H2,1-3H3. The number of nitrogens with zero attached hydrogens (tertiary/aromatic N) is 2. The second kappa shape index (κ2) is 5.15. The van der Waals surface area contributed by atoms with Crippen molar-refractivity contribution in [2.24, 2.45) is 0 Å². The number of likely N-dealkylation sites (tertiary alicyclic amines) is 1. The molecule has 1 aliphatic rings. The van der Waals surface area contributed by atoms with E-state index in [1.807, 2.05) is 20.8 Å². The van der Waals surface area contributed by atoms with Crippen LogP contribution in [0.4, 0.5) is 9.18 Å². The summed E-state index contributed by atoms with van der Waals surface area (Å²) >= 11 is 0. The molecule has 104 valence electrons. The largest absolute Gasteiger partial charge is 0.444 e. The molecule has 0 bridgehead atoms. The second-order valence-corrected chi connectivity index (χ2v) is 5.80. The smallest absolute Gasteiger partial charge is 0.410 e. The van der Waals surface area contributed by atoms with Crippen LogP contribution in [0.1, 0.15) is 38.7 Å². The number of hydrogen-bond donors (Lipinski definition) is 0. The lowest BCUT2D eigenvalue weighted by molar-refractivity contribution is 0.0292. The third-order valence-corrected chi connectivity index (χ3v) is 3.07. The fraction of sp³-hybridized carbons (Fsp3) is 0.571. The predicted octanol–water partition coefficient (Wildman–Crippen LogP) is 2.95. The van der Waals surface area contributed by atoms with E-state index in [0.717, 1.165) is 6.42 Å². The van der Waals surface area contributed by atoms with E-state index < -0.39 is 11.5 Å². The van der Waals surface area contributed by atoms with E-state index in [1.165, 1.54) is 6.20 Å². The van der Waals surface area contributed by atoms with E-state index in [2.05, 4.69) is 4.98 Å². The predicted molar refractivity (Wildman–Crippen MR) is 69.4 cm³/mol. The number of pyridine rings is 1. The Balaban J connectivity index is 2.01. The lowest BCUT2D eigenvalue weighted by atomic mass is 10.0. The summed E-state index contributed by atoms with van der Waals surface area (Å²) in [5.74, 6) is -0.445. The van der Waals surface area contributed by atoms with Gasteiger partial charge in [0.05, 0.1) is 0 Å². The number of ether oxygens (including phenoxy) is 1. The summed E-state index contributed by atoms with van der Waals surface area (Å²) < 4.78 is 18.9. The van der Waals surface area contributed by atoms with E-state index in [4.69, 9.17) is 4.74 Å². The van der Waals surface area contributed by atoms with Crippen molar-refractivity contribution in [3.8, 4) is 0 Å². The van der Waals surface area contributed by atoms with E-state index >= 15 is 0 Å². The molecule has 0 saturated carbocycles. The summed E-state index contributed by atoms with van der Waals surface area (Å²) in [5, 5.41) is 0. The highest BCUT2D eigenvalue weighted by molar-refractivity contribution is 5.68. The number of hydrogen-bond acceptors (Lipinski definition) is 3. The zero-order valence-corrected chi connectivity index (χ0v) is 11.5. The molecule has 0 N–H and O–H groups in total. The van der Waals surface area contributed by atoms with Crippen molar-refractivity contribution in [1.82, 2.24) is 9.88 Å². The highest BCUT2D eigenvalue weighted by Gasteiger charge is 2.31. The first-order chi connectivity index (χ1) is 8.87. The first kappa shape index (κ1) is 13.8. The summed E-state index contributed by atoms with van der Waals surface area (Å²) in [6, 6.07) is 3.44. The molecule has 1 fully saturated rings. The normalized spacial score (nSPS) is 19.6. The van der Waals surface area contributed by atoms with Gasteiger partial charge in [0.2, 0.25) is 5.95 Å². The van der Waals surface area contributed by atoms with Crippen LogP contribution in [0.25, 0.3) is 0 Å². The van der Waals surface area contributed by atoms with Crippen LogP contribution in [0.5, 0.6) is 0 Å². The molecule has 1 aromatic rings. The Hall–Kier alpha value is -1.65. The van der Waals surface area contributed by atoms with Gasteiger partial charge in [0.1, 0.15) is 5.60 Å². The van der Waals surface area contributed by atoms with Gasteiger partial charge in [0.15, 0.2) is 0 Å². The highest BCUT2D eigenvalue weighted by atomic mass is 19.1. The summed E-state index contributed by atoms with van der Waals surface area (Å²) in [4.78, 5) is 17.2. The van der Waals surface area contributed by atoms with E-state index in [1.54, 1.807) is 17.0 Å². The van der Waals surface area contributed by atoms with Gasteiger partial charge >= 0.3 is 6.09 Å². The Kier molecular flexibility index (Phi) is 3.73. The number of carbonyl (C=O) groups is 1. The number of carbonyl (C=O) groups excluding carboxylic acids is 1. The molecule has 1 unspecified atom stereocenters. The molecule has 0 radical (unpaired) electrons. The first-order valence-electron chi connectivity index (χ1n) is 6.45. The van der Waals surface area contributed by atoms with Crippen LogP contribution in [-0.4, -0.2) is 34.7 Å². The Labute approximate surface area is 112 Å². The Morgan fingerprint density at radius 3 is 2.89 bits per heavy atom. The van der Waals surface area contributed by atoms with Gasteiger partial charge in [-0.1, -0.05) is 6.07 Å². The highest BCUT2D eigenvalue weighted by Crippen LogP contribution is 2.29. The minimum Gasteiger partial charge on any atom is -0.444 e. The van der Waals surface area contributed by atoms with E-state index in [9.17, 15) is 9.18 Å². The molecular weight excluding hydrogens is 247 g/mol. The first-order valence-corrected chi connectivity index (χ1v) is 6.45. The van der Waals surface area contributed by atoms with Gasteiger partial charge in [0, 0.05) is 30.8 Å². The third-order valence-electron chi connectivity index (χ3n) is 3.07. The maximum atomic E-state index is 13.6. The van der Waals surface area contributed by atoms with Gasteiger partial charge in [-0.2, -0.15) is 4.39 Å². The lowest BCUT2D eigenvalue weighted by Crippen LogP contribution is -2.35. The monoisotopic (exact) mass is 266 g/mol. The SMILES string of the molecule is CC(C)(C)OC(=O)N1CCC(c2cccnc2F)C1. The number of halogens is 1. The minimum absolute atomic E-state index is 0.00113. The van der Waals surface area contributed by atoms with Gasteiger partial charge in [-0.15, -0.1) is 0 Å². The maximum absolute atomic E-state index is 13.6. The summed E-state index contributed by atoms with van der Waals surface area (Å²) in [5.41, 5.74) is 0.0721. The zero-order valence-electron chi connectivity index (χ0n) is 11.5. The van der Waals surface area contributed by atoms with Crippen molar-refractivity contribution in [3.63, 3.8) is 0 Å². The van der Waals surface area contributed by atoms with Gasteiger partial charge < -0.3 is 9.64 Å². The van der Waals surface area contributed by atoms with E-state index in [0.29, 0.717) is 18.7 Å². The molecule has 19 heavy (non-hydrogen) atoms. The molecule has 1 saturated heterocycles. The minimum atomic E-state index is -0.505.